The summed E-state index contributed by atoms with van der Waals surface area (Å²) >= 11 is 0. The van der Waals surface area contributed by atoms with Crippen molar-refractivity contribution in [2.45, 2.75) is 39.3 Å². The number of amides is 1. The zero-order chi connectivity index (χ0) is 18.0. The van der Waals surface area contributed by atoms with E-state index in [0.29, 0.717) is 11.5 Å². The summed E-state index contributed by atoms with van der Waals surface area (Å²) in [5.74, 6) is 1.02. The molecule has 0 bridgehead atoms. The number of hydrogen-bond donors (Lipinski definition) is 2. The maximum atomic E-state index is 11.8. The Balaban J connectivity index is 2.52. The van der Waals surface area contributed by atoms with Gasteiger partial charge in [-0.15, -0.1) is 0 Å². The molecule has 0 fully saturated rings. The molecule has 24 heavy (non-hydrogen) atoms. The monoisotopic (exact) mass is 338 g/mol. The minimum absolute atomic E-state index is 0.0394. The lowest BCUT2D eigenvalue weighted by atomic mass is 10.1. The normalized spacial score (nSPS) is 11.2. The van der Waals surface area contributed by atoms with Crippen LogP contribution in [0, 0.1) is 0 Å². The molecule has 0 aromatic heterocycles. The third-order valence-electron chi connectivity index (χ3n) is 3.13. The van der Waals surface area contributed by atoms with Crippen LogP contribution in [0.4, 0.5) is 0 Å². The number of nitrogens with one attached hydrogen (secondary N) is 2. The average molecular weight is 338 g/mol. The van der Waals surface area contributed by atoms with Gasteiger partial charge in [-0.3, -0.25) is 4.79 Å². The highest BCUT2D eigenvalue weighted by atomic mass is 16.5. The summed E-state index contributed by atoms with van der Waals surface area (Å²) in [7, 11) is 3.29. The highest BCUT2D eigenvalue weighted by Gasteiger charge is 2.15. The molecule has 6 nitrogen and oxygen atoms in total. The van der Waals surface area contributed by atoms with Crippen molar-refractivity contribution < 1.29 is 19.0 Å². The standard InChI is InChI=1S/C18H30N2O4/c1-18(2,3)20-17(21)13-24-15-8-7-14(11-16(15)23-5)12-19-9-6-10-22-4/h7-8,11,19H,6,9-10,12-13H2,1-5H3,(H,20,21). The zero-order valence-corrected chi connectivity index (χ0v) is 15.4. The highest BCUT2D eigenvalue weighted by molar-refractivity contribution is 5.78. The molecule has 1 amide bonds. The second-order valence-corrected chi connectivity index (χ2v) is 6.60. The van der Waals surface area contributed by atoms with Gasteiger partial charge in [0.2, 0.25) is 0 Å². The molecular weight excluding hydrogens is 308 g/mol. The Bertz CT molecular complexity index is 512. The minimum Gasteiger partial charge on any atom is -0.493 e. The van der Waals surface area contributed by atoms with Crippen LogP contribution in [0.3, 0.4) is 0 Å². The molecule has 0 heterocycles. The van der Waals surface area contributed by atoms with Gasteiger partial charge in [0.05, 0.1) is 7.11 Å². The lowest BCUT2D eigenvalue weighted by Gasteiger charge is -2.20. The lowest BCUT2D eigenvalue weighted by molar-refractivity contribution is -0.124. The summed E-state index contributed by atoms with van der Waals surface area (Å²) in [5, 5.41) is 6.20. The van der Waals surface area contributed by atoms with Crippen molar-refractivity contribution in [1.29, 1.82) is 0 Å². The fourth-order valence-electron chi connectivity index (χ4n) is 2.11. The maximum absolute atomic E-state index is 11.8. The number of hydrogen-bond acceptors (Lipinski definition) is 5. The van der Waals surface area contributed by atoms with E-state index in [0.717, 1.165) is 31.7 Å². The summed E-state index contributed by atoms with van der Waals surface area (Å²) < 4.78 is 15.9. The van der Waals surface area contributed by atoms with Gasteiger partial charge in [-0.25, -0.2) is 0 Å². The first kappa shape index (κ1) is 20.3. The van der Waals surface area contributed by atoms with E-state index in [-0.39, 0.29) is 18.1 Å². The first-order valence-corrected chi connectivity index (χ1v) is 8.16. The Kier molecular flexibility index (Phi) is 8.57. The Labute approximate surface area is 144 Å². The molecule has 0 radical (unpaired) electrons. The summed E-state index contributed by atoms with van der Waals surface area (Å²) in [4.78, 5) is 11.8. The Morgan fingerprint density at radius 2 is 1.92 bits per heavy atom. The first-order chi connectivity index (χ1) is 11.4. The van der Waals surface area contributed by atoms with Crippen molar-refractivity contribution >= 4 is 5.91 Å². The molecule has 0 saturated carbocycles. The molecule has 1 rings (SSSR count). The van der Waals surface area contributed by atoms with Crippen LogP contribution in [0.25, 0.3) is 0 Å². The Hall–Kier alpha value is -1.79. The minimum atomic E-state index is -0.275. The predicted molar refractivity (Wildman–Crippen MR) is 94.6 cm³/mol. The van der Waals surface area contributed by atoms with E-state index >= 15 is 0 Å². The maximum Gasteiger partial charge on any atom is 0.258 e. The molecule has 0 atom stereocenters. The van der Waals surface area contributed by atoms with Gasteiger partial charge in [-0.05, 0) is 51.4 Å². The number of carbonyl (C=O) groups excluding carboxylic acids is 1. The summed E-state index contributed by atoms with van der Waals surface area (Å²) in [6.07, 6.45) is 0.970. The van der Waals surface area contributed by atoms with Crippen LogP contribution >= 0.6 is 0 Å². The van der Waals surface area contributed by atoms with Crippen LogP contribution < -0.4 is 20.1 Å². The topological polar surface area (TPSA) is 68.8 Å². The van der Waals surface area contributed by atoms with Crippen LogP contribution in [0.5, 0.6) is 11.5 Å². The van der Waals surface area contributed by atoms with Gasteiger partial charge in [0.15, 0.2) is 18.1 Å². The second kappa shape index (κ2) is 10.2. The zero-order valence-electron chi connectivity index (χ0n) is 15.4. The SMILES string of the molecule is COCCCNCc1ccc(OCC(=O)NC(C)(C)C)c(OC)c1. The second-order valence-electron chi connectivity index (χ2n) is 6.60. The summed E-state index contributed by atoms with van der Waals surface area (Å²) in [5.41, 5.74) is 0.818. The number of rotatable bonds is 10. The van der Waals surface area contributed by atoms with E-state index in [4.69, 9.17) is 14.2 Å². The van der Waals surface area contributed by atoms with Crippen molar-refractivity contribution in [2.75, 3.05) is 34.0 Å². The van der Waals surface area contributed by atoms with Crippen molar-refractivity contribution in [1.82, 2.24) is 10.6 Å². The van der Waals surface area contributed by atoms with E-state index in [9.17, 15) is 4.79 Å². The molecule has 0 spiro atoms. The molecule has 0 aliphatic rings. The molecule has 6 heteroatoms. The molecule has 1 aromatic carbocycles. The molecule has 2 N–H and O–H groups in total. The summed E-state index contributed by atoms with van der Waals surface area (Å²) in [6, 6.07) is 5.71. The van der Waals surface area contributed by atoms with E-state index < -0.39 is 0 Å². The number of methoxy groups -OCH3 is 2. The van der Waals surface area contributed by atoms with Gasteiger partial charge in [-0.2, -0.15) is 0 Å². The molecule has 1 aromatic rings. The van der Waals surface area contributed by atoms with Crippen LogP contribution in [0.1, 0.15) is 32.8 Å². The Morgan fingerprint density at radius 3 is 2.54 bits per heavy atom. The third kappa shape index (κ3) is 8.17. The predicted octanol–water partition coefficient (Wildman–Crippen LogP) is 2.11. The van der Waals surface area contributed by atoms with Crippen LogP contribution in [-0.2, 0) is 16.1 Å². The lowest BCUT2D eigenvalue weighted by Crippen LogP contribution is -2.43. The average Bonchev–Trinajstić information content (AvgIpc) is 2.51. The molecule has 0 saturated heterocycles. The third-order valence-corrected chi connectivity index (χ3v) is 3.13. The van der Waals surface area contributed by atoms with Gasteiger partial charge in [0.25, 0.3) is 5.91 Å². The molecule has 0 aliphatic carbocycles. The van der Waals surface area contributed by atoms with E-state index in [1.54, 1.807) is 14.2 Å². The van der Waals surface area contributed by atoms with Crippen molar-refractivity contribution in [3.8, 4) is 11.5 Å². The largest absolute Gasteiger partial charge is 0.493 e. The Morgan fingerprint density at radius 1 is 1.17 bits per heavy atom. The number of carbonyl (C=O) groups is 1. The fraction of sp³-hybridized carbons (Fsp3) is 0.611. The highest BCUT2D eigenvalue weighted by Crippen LogP contribution is 2.28. The van der Waals surface area contributed by atoms with Crippen LogP contribution in [0.15, 0.2) is 18.2 Å². The van der Waals surface area contributed by atoms with Crippen molar-refractivity contribution in [3.63, 3.8) is 0 Å². The van der Waals surface area contributed by atoms with Crippen molar-refractivity contribution in [3.05, 3.63) is 23.8 Å². The fourth-order valence-corrected chi connectivity index (χ4v) is 2.11. The molecule has 0 unspecified atom stereocenters. The van der Waals surface area contributed by atoms with Crippen LogP contribution in [-0.4, -0.2) is 45.4 Å². The number of ether oxygens (including phenoxy) is 3. The number of benzene rings is 1. The van der Waals surface area contributed by atoms with E-state index in [1.165, 1.54) is 0 Å². The van der Waals surface area contributed by atoms with E-state index in [2.05, 4.69) is 10.6 Å². The quantitative estimate of drug-likeness (QED) is 0.640. The van der Waals surface area contributed by atoms with Crippen molar-refractivity contribution in [2.24, 2.45) is 0 Å². The summed E-state index contributed by atoms with van der Waals surface area (Å²) in [6.45, 7) is 8.13. The van der Waals surface area contributed by atoms with Gasteiger partial charge in [0.1, 0.15) is 0 Å². The molecular formula is C18H30N2O4. The smallest absolute Gasteiger partial charge is 0.258 e. The van der Waals surface area contributed by atoms with Crippen LogP contribution in [0.2, 0.25) is 0 Å². The van der Waals surface area contributed by atoms with Gasteiger partial charge >= 0.3 is 0 Å². The van der Waals surface area contributed by atoms with Gasteiger partial charge in [0, 0.05) is 25.8 Å². The first-order valence-electron chi connectivity index (χ1n) is 8.16. The van der Waals surface area contributed by atoms with Gasteiger partial charge in [-0.1, -0.05) is 6.07 Å². The molecule has 0 aliphatic heterocycles. The molecule has 136 valence electrons. The van der Waals surface area contributed by atoms with E-state index in [1.807, 2.05) is 39.0 Å². The van der Waals surface area contributed by atoms with Gasteiger partial charge < -0.3 is 24.8 Å².